The summed E-state index contributed by atoms with van der Waals surface area (Å²) >= 11 is 6.83. The van der Waals surface area contributed by atoms with E-state index in [9.17, 15) is 9.90 Å². The third kappa shape index (κ3) is 3.74. The number of phenols is 1. The Morgan fingerprint density at radius 3 is 2.71 bits per heavy atom. The Bertz CT molecular complexity index is 1190. The first kappa shape index (κ1) is 18.5. The second-order valence-electron chi connectivity index (χ2n) is 5.94. The van der Waals surface area contributed by atoms with E-state index in [4.69, 9.17) is 4.42 Å². The summed E-state index contributed by atoms with van der Waals surface area (Å²) in [5, 5.41) is 14.3. The molecule has 2 N–H and O–H groups in total. The molecule has 0 unspecified atom stereocenters. The number of aromatic hydroxyl groups is 1. The highest BCUT2D eigenvalue weighted by Gasteiger charge is 2.14. The zero-order valence-electron chi connectivity index (χ0n) is 14.3. The van der Waals surface area contributed by atoms with Crippen LogP contribution in [0.4, 0.5) is 0 Å². The van der Waals surface area contributed by atoms with Gasteiger partial charge in [0, 0.05) is 21.7 Å². The van der Waals surface area contributed by atoms with E-state index in [-0.39, 0.29) is 11.5 Å². The Balaban J connectivity index is 1.51. The molecule has 0 spiro atoms. The highest BCUT2D eigenvalue weighted by Crippen LogP contribution is 2.30. The molecule has 0 saturated heterocycles. The molecule has 2 aromatic heterocycles. The third-order valence-electron chi connectivity index (χ3n) is 4.03. The number of fused-ring (bicyclic) bond motifs is 1. The number of phenolic OH excluding ortho intramolecular Hbond substituents is 1. The average Bonchev–Trinajstić information content (AvgIpc) is 3.29. The lowest BCUT2D eigenvalue weighted by atomic mass is 10.2. The van der Waals surface area contributed by atoms with Crippen LogP contribution in [0.5, 0.6) is 5.75 Å². The molecule has 6 nitrogen and oxygen atoms in total. The fourth-order valence-electron chi connectivity index (χ4n) is 2.75. The normalized spacial score (nSPS) is 11.4. The standard InChI is InChI=1S/C20H13Br2N3O3/c21-13-8-12-9-18(28-19(12)17(22)10-13)20(27)24-23-11-15-2-1-7-25(15)14-3-5-16(26)6-4-14/h1-11,26H,(H,24,27)/b23-11-. The monoisotopic (exact) mass is 501 g/mol. The van der Waals surface area contributed by atoms with Gasteiger partial charge in [-0.25, -0.2) is 5.43 Å². The van der Waals surface area contributed by atoms with Gasteiger partial charge < -0.3 is 14.1 Å². The smallest absolute Gasteiger partial charge is 0.307 e. The molecule has 140 valence electrons. The number of amides is 1. The van der Waals surface area contributed by atoms with Gasteiger partial charge in [0.2, 0.25) is 0 Å². The van der Waals surface area contributed by atoms with Crippen LogP contribution < -0.4 is 5.43 Å². The van der Waals surface area contributed by atoms with Gasteiger partial charge in [0.25, 0.3) is 0 Å². The van der Waals surface area contributed by atoms with Crippen LogP contribution in [0.1, 0.15) is 16.2 Å². The number of carbonyl (C=O) groups excluding carboxylic acids is 1. The lowest BCUT2D eigenvalue weighted by Gasteiger charge is -2.06. The second kappa shape index (κ2) is 7.65. The SMILES string of the molecule is O=C(N/N=C\c1cccn1-c1ccc(O)cc1)c1cc2cc(Br)cc(Br)c2o1. The van der Waals surface area contributed by atoms with Gasteiger partial charge in [0.05, 0.1) is 16.4 Å². The van der Waals surface area contributed by atoms with Crippen molar-refractivity contribution in [3.8, 4) is 11.4 Å². The number of hydrogen-bond acceptors (Lipinski definition) is 4. The van der Waals surface area contributed by atoms with Gasteiger partial charge in [-0.3, -0.25) is 4.79 Å². The van der Waals surface area contributed by atoms with Crippen molar-refractivity contribution in [2.45, 2.75) is 0 Å². The molecule has 0 aliphatic heterocycles. The van der Waals surface area contributed by atoms with Gasteiger partial charge in [0.1, 0.15) is 11.3 Å². The highest BCUT2D eigenvalue weighted by molar-refractivity contribution is 9.11. The molecule has 0 saturated carbocycles. The van der Waals surface area contributed by atoms with Crippen LogP contribution in [-0.2, 0) is 0 Å². The van der Waals surface area contributed by atoms with Crippen LogP contribution in [-0.4, -0.2) is 21.8 Å². The number of nitrogens with zero attached hydrogens (tertiary/aromatic N) is 2. The van der Waals surface area contributed by atoms with E-state index >= 15 is 0 Å². The second-order valence-corrected chi connectivity index (χ2v) is 7.71. The number of rotatable bonds is 4. The maximum absolute atomic E-state index is 12.4. The predicted molar refractivity (Wildman–Crippen MR) is 114 cm³/mol. The summed E-state index contributed by atoms with van der Waals surface area (Å²) in [6.07, 6.45) is 3.41. The molecule has 4 aromatic rings. The van der Waals surface area contributed by atoms with E-state index in [0.717, 1.165) is 25.7 Å². The van der Waals surface area contributed by atoms with Gasteiger partial charge in [-0.05, 0) is 70.5 Å². The van der Waals surface area contributed by atoms with Crippen molar-refractivity contribution < 1.29 is 14.3 Å². The van der Waals surface area contributed by atoms with Crippen LogP contribution in [0.15, 0.2) is 79.3 Å². The molecule has 1 amide bonds. The Kier molecular flexibility index (Phi) is 5.06. The molecule has 0 bridgehead atoms. The fourth-order valence-corrected chi connectivity index (χ4v) is 4.09. The van der Waals surface area contributed by atoms with Gasteiger partial charge in [0.15, 0.2) is 5.76 Å². The molecule has 2 heterocycles. The Hall–Kier alpha value is -2.84. The number of hydrazone groups is 1. The Morgan fingerprint density at radius 2 is 1.93 bits per heavy atom. The zero-order chi connectivity index (χ0) is 19.7. The summed E-state index contributed by atoms with van der Waals surface area (Å²) < 4.78 is 9.14. The maximum atomic E-state index is 12.4. The number of hydrogen-bond donors (Lipinski definition) is 2. The molecule has 28 heavy (non-hydrogen) atoms. The minimum absolute atomic E-state index is 0.167. The summed E-state index contributed by atoms with van der Waals surface area (Å²) in [5.41, 5.74) is 4.70. The number of aromatic nitrogens is 1. The van der Waals surface area contributed by atoms with Crippen molar-refractivity contribution in [2.75, 3.05) is 0 Å². The van der Waals surface area contributed by atoms with E-state index in [1.165, 1.54) is 0 Å². The van der Waals surface area contributed by atoms with Crippen molar-refractivity contribution in [3.05, 3.63) is 81.2 Å². The molecule has 4 rings (SSSR count). The average molecular weight is 503 g/mol. The number of carbonyl (C=O) groups is 1. The van der Waals surface area contributed by atoms with E-state index in [2.05, 4.69) is 42.4 Å². The first-order chi connectivity index (χ1) is 13.5. The zero-order valence-corrected chi connectivity index (χ0v) is 17.4. The number of halogens is 2. The Morgan fingerprint density at radius 1 is 1.14 bits per heavy atom. The highest BCUT2D eigenvalue weighted by atomic mass is 79.9. The molecule has 0 radical (unpaired) electrons. The van der Waals surface area contributed by atoms with Crippen LogP contribution in [0.2, 0.25) is 0 Å². The van der Waals surface area contributed by atoms with Crippen LogP contribution in [0.3, 0.4) is 0 Å². The predicted octanol–water partition coefficient (Wildman–Crippen LogP) is 5.22. The van der Waals surface area contributed by atoms with Gasteiger partial charge in [-0.1, -0.05) is 15.9 Å². The van der Waals surface area contributed by atoms with Crippen molar-refractivity contribution in [1.82, 2.24) is 9.99 Å². The number of furan rings is 1. The van der Waals surface area contributed by atoms with Crippen LogP contribution in [0.25, 0.3) is 16.7 Å². The minimum Gasteiger partial charge on any atom is -0.508 e. The van der Waals surface area contributed by atoms with E-state index in [0.29, 0.717) is 5.58 Å². The molecular weight excluding hydrogens is 490 g/mol. The molecule has 8 heteroatoms. The van der Waals surface area contributed by atoms with E-state index in [1.807, 2.05) is 35.0 Å². The van der Waals surface area contributed by atoms with Gasteiger partial charge in [-0.15, -0.1) is 0 Å². The fraction of sp³-hybridized carbons (Fsp3) is 0. The summed E-state index contributed by atoms with van der Waals surface area (Å²) in [7, 11) is 0. The first-order valence-corrected chi connectivity index (χ1v) is 9.78. The Labute approximate surface area is 176 Å². The summed E-state index contributed by atoms with van der Waals surface area (Å²) in [4.78, 5) is 12.4. The molecule has 0 aliphatic rings. The summed E-state index contributed by atoms with van der Waals surface area (Å²) in [6.45, 7) is 0. The lowest BCUT2D eigenvalue weighted by molar-refractivity contribution is 0.0929. The maximum Gasteiger partial charge on any atom is 0.307 e. The largest absolute Gasteiger partial charge is 0.508 e. The number of nitrogens with one attached hydrogen (secondary N) is 1. The lowest BCUT2D eigenvalue weighted by Crippen LogP contribution is -2.17. The first-order valence-electron chi connectivity index (χ1n) is 8.20. The molecule has 2 aromatic carbocycles. The van der Waals surface area contributed by atoms with Crippen molar-refractivity contribution in [2.24, 2.45) is 5.10 Å². The summed E-state index contributed by atoms with van der Waals surface area (Å²) in [5.74, 6) is -0.0824. The molecule has 0 atom stereocenters. The van der Waals surface area contributed by atoms with Gasteiger partial charge in [-0.2, -0.15) is 5.10 Å². The molecule has 0 fully saturated rings. The van der Waals surface area contributed by atoms with E-state index < -0.39 is 5.91 Å². The minimum atomic E-state index is -0.446. The van der Waals surface area contributed by atoms with Crippen molar-refractivity contribution in [1.29, 1.82) is 0 Å². The number of benzene rings is 2. The van der Waals surface area contributed by atoms with Crippen LogP contribution in [0, 0.1) is 0 Å². The topological polar surface area (TPSA) is 79.8 Å². The van der Waals surface area contributed by atoms with Gasteiger partial charge >= 0.3 is 5.91 Å². The van der Waals surface area contributed by atoms with Crippen molar-refractivity contribution in [3.63, 3.8) is 0 Å². The van der Waals surface area contributed by atoms with Crippen LogP contribution >= 0.6 is 31.9 Å². The molecule has 0 aliphatic carbocycles. The molecular formula is C20H13Br2N3O3. The quantitative estimate of drug-likeness (QED) is 0.296. The summed E-state index contributed by atoms with van der Waals surface area (Å²) in [6, 6.07) is 15.9. The van der Waals surface area contributed by atoms with E-state index in [1.54, 1.807) is 36.5 Å². The third-order valence-corrected chi connectivity index (χ3v) is 5.08. The van der Waals surface area contributed by atoms with Crippen molar-refractivity contribution >= 4 is 55.0 Å².